The summed E-state index contributed by atoms with van der Waals surface area (Å²) >= 11 is 3.45. The third kappa shape index (κ3) is 4.20. The van der Waals surface area contributed by atoms with Gasteiger partial charge in [-0.15, -0.1) is 0 Å². The number of carbonyl (C=O) groups excluding carboxylic acids is 1. The van der Waals surface area contributed by atoms with E-state index in [0.29, 0.717) is 17.9 Å². The first-order valence-electron chi connectivity index (χ1n) is 10.1. The molecule has 172 valence electrons. The number of nitrogens with zero attached hydrogens (tertiary/aromatic N) is 6. The first-order valence-corrected chi connectivity index (χ1v) is 10.9. The second kappa shape index (κ2) is 9.26. The molecule has 0 N–H and O–H groups in total. The summed E-state index contributed by atoms with van der Waals surface area (Å²) in [6, 6.07) is 8.24. The van der Waals surface area contributed by atoms with Crippen LogP contribution in [0.1, 0.15) is 35.1 Å². The summed E-state index contributed by atoms with van der Waals surface area (Å²) in [5.41, 5.74) is 1.42. The molecule has 0 bridgehead atoms. The van der Waals surface area contributed by atoms with Gasteiger partial charge in [-0.25, -0.2) is 18.3 Å². The number of halogens is 3. The van der Waals surface area contributed by atoms with E-state index in [1.165, 1.54) is 24.3 Å². The van der Waals surface area contributed by atoms with Crippen LogP contribution in [0.4, 0.5) is 8.78 Å². The normalized spacial score (nSPS) is 11.4. The van der Waals surface area contributed by atoms with Gasteiger partial charge in [-0.05, 0) is 41.1 Å². The topological polar surface area (TPSA) is 77.6 Å². The van der Waals surface area contributed by atoms with Crippen molar-refractivity contribution < 1.29 is 18.3 Å². The van der Waals surface area contributed by atoms with Gasteiger partial charge >= 0.3 is 0 Å². The lowest BCUT2D eigenvalue weighted by Gasteiger charge is -2.18. The van der Waals surface area contributed by atoms with Gasteiger partial charge in [0, 0.05) is 19.2 Å². The Kier molecular flexibility index (Phi) is 6.41. The van der Waals surface area contributed by atoms with E-state index in [1.807, 2.05) is 6.92 Å². The van der Waals surface area contributed by atoms with Crippen LogP contribution in [0.3, 0.4) is 0 Å². The average molecular weight is 519 g/mol. The maximum atomic E-state index is 13.9. The molecule has 4 aromatic rings. The Morgan fingerprint density at radius 3 is 2.70 bits per heavy atom. The zero-order valence-electron chi connectivity index (χ0n) is 18.2. The molecule has 0 radical (unpaired) electrons. The van der Waals surface area contributed by atoms with E-state index in [-0.39, 0.29) is 29.1 Å². The highest BCUT2D eigenvalue weighted by Crippen LogP contribution is 2.32. The molecular weight excluding hydrogens is 498 g/mol. The number of alkyl halides is 2. The number of benzene rings is 1. The second-order valence-electron chi connectivity index (χ2n) is 7.28. The molecule has 11 heteroatoms. The van der Waals surface area contributed by atoms with Crippen molar-refractivity contribution in [2.75, 3.05) is 14.2 Å². The standard InChI is InChI=1S/C22H21BrF2N6O2/c1-4-30-18(15(23)11-26-30)12-29(2)22(32)14-10-27-31-17(20(24)25)9-16(28-21(14)31)13-7-5-6-8-19(13)33-3/h5-11,20H,4,12H2,1-3H3. The minimum absolute atomic E-state index is 0.0496. The Morgan fingerprint density at radius 1 is 1.24 bits per heavy atom. The fourth-order valence-corrected chi connectivity index (χ4v) is 4.03. The Bertz CT molecular complexity index is 1320. The molecule has 1 aromatic carbocycles. The van der Waals surface area contributed by atoms with Crippen molar-refractivity contribution in [3.63, 3.8) is 0 Å². The summed E-state index contributed by atoms with van der Waals surface area (Å²) in [6.07, 6.45) is 0.118. The molecule has 0 atom stereocenters. The van der Waals surface area contributed by atoms with E-state index in [2.05, 4.69) is 31.1 Å². The number of aryl methyl sites for hydroxylation is 1. The molecule has 0 unspecified atom stereocenters. The molecule has 0 fully saturated rings. The van der Waals surface area contributed by atoms with Crippen molar-refractivity contribution in [1.29, 1.82) is 0 Å². The van der Waals surface area contributed by atoms with E-state index < -0.39 is 12.3 Å². The number of aromatic nitrogens is 5. The highest BCUT2D eigenvalue weighted by atomic mass is 79.9. The number of carbonyl (C=O) groups is 1. The SMILES string of the molecule is CCn1ncc(Br)c1CN(C)C(=O)c1cnn2c(C(F)F)cc(-c3ccccc3OC)nc12. The van der Waals surface area contributed by atoms with Gasteiger partial charge in [0.2, 0.25) is 0 Å². The highest BCUT2D eigenvalue weighted by molar-refractivity contribution is 9.10. The molecule has 0 spiro atoms. The molecule has 0 aliphatic carbocycles. The molecule has 33 heavy (non-hydrogen) atoms. The number of fused-ring (bicyclic) bond motifs is 1. The summed E-state index contributed by atoms with van der Waals surface area (Å²) in [5.74, 6) is 0.0856. The van der Waals surface area contributed by atoms with Crippen LogP contribution in [0.5, 0.6) is 5.75 Å². The average Bonchev–Trinajstić information content (AvgIpc) is 3.40. The maximum Gasteiger partial charge on any atom is 0.280 e. The van der Waals surface area contributed by atoms with Crippen molar-refractivity contribution in [1.82, 2.24) is 29.3 Å². The summed E-state index contributed by atoms with van der Waals surface area (Å²) in [4.78, 5) is 19.3. The van der Waals surface area contributed by atoms with Crippen molar-refractivity contribution in [3.05, 3.63) is 64.1 Å². The number of ether oxygens (including phenoxy) is 1. The van der Waals surface area contributed by atoms with Gasteiger partial charge in [-0.3, -0.25) is 9.48 Å². The number of hydrogen-bond donors (Lipinski definition) is 0. The number of amides is 1. The molecule has 1 amide bonds. The predicted octanol–water partition coefficient (Wildman–Crippen LogP) is 4.59. The maximum absolute atomic E-state index is 13.9. The number of rotatable bonds is 7. The van der Waals surface area contributed by atoms with E-state index in [1.54, 1.807) is 42.2 Å². The van der Waals surface area contributed by atoms with Gasteiger partial charge in [-0.1, -0.05) is 12.1 Å². The van der Waals surface area contributed by atoms with E-state index >= 15 is 0 Å². The minimum atomic E-state index is -2.82. The first-order chi connectivity index (χ1) is 15.8. The molecular formula is C22H21BrF2N6O2. The van der Waals surface area contributed by atoms with Gasteiger partial charge in [-0.2, -0.15) is 10.2 Å². The monoisotopic (exact) mass is 518 g/mol. The zero-order chi connectivity index (χ0) is 23.7. The van der Waals surface area contributed by atoms with Crippen LogP contribution in [0.15, 0.2) is 47.2 Å². The largest absolute Gasteiger partial charge is 0.496 e. The van der Waals surface area contributed by atoms with Crippen LogP contribution in [-0.2, 0) is 13.1 Å². The Labute approximate surface area is 196 Å². The number of para-hydroxylation sites is 1. The lowest BCUT2D eigenvalue weighted by molar-refractivity contribution is 0.0782. The third-order valence-electron chi connectivity index (χ3n) is 5.27. The van der Waals surface area contributed by atoms with Crippen LogP contribution in [0.2, 0.25) is 0 Å². The third-order valence-corrected chi connectivity index (χ3v) is 5.93. The second-order valence-corrected chi connectivity index (χ2v) is 8.13. The molecule has 4 rings (SSSR count). The summed E-state index contributed by atoms with van der Waals surface area (Å²) in [5, 5.41) is 8.30. The van der Waals surface area contributed by atoms with Crippen LogP contribution in [0, 0.1) is 0 Å². The van der Waals surface area contributed by atoms with Crippen LogP contribution in [0.25, 0.3) is 16.9 Å². The first kappa shape index (κ1) is 22.8. The number of methoxy groups -OCH3 is 1. The lowest BCUT2D eigenvalue weighted by atomic mass is 10.1. The van der Waals surface area contributed by atoms with Crippen LogP contribution < -0.4 is 4.74 Å². The van der Waals surface area contributed by atoms with Crippen LogP contribution >= 0.6 is 15.9 Å². The zero-order valence-corrected chi connectivity index (χ0v) is 19.8. The number of hydrogen-bond acceptors (Lipinski definition) is 5. The molecule has 8 nitrogen and oxygen atoms in total. The molecule has 0 saturated heterocycles. The molecule has 3 aromatic heterocycles. The van der Waals surface area contributed by atoms with Gasteiger partial charge < -0.3 is 9.64 Å². The minimum Gasteiger partial charge on any atom is -0.496 e. The smallest absolute Gasteiger partial charge is 0.280 e. The molecule has 3 heterocycles. The Morgan fingerprint density at radius 2 is 2.00 bits per heavy atom. The van der Waals surface area contributed by atoms with Gasteiger partial charge in [0.1, 0.15) is 17.0 Å². The predicted molar refractivity (Wildman–Crippen MR) is 121 cm³/mol. The van der Waals surface area contributed by atoms with Gasteiger partial charge in [0.05, 0.1) is 41.9 Å². The summed E-state index contributed by atoms with van der Waals surface area (Å²) in [7, 11) is 3.12. The quantitative estimate of drug-likeness (QED) is 0.357. The van der Waals surface area contributed by atoms with Crippen molar-refractivity contribution in [3.8, 4) is 17.0 Å². The van der Waals surface area contributed by atoms with E-state index in [4.69, 9.17) is 4.74 Å². The molecule has 0 saturated carbocycles. The van der Waals surface area contributed by atoms with Gasteiger partial charge in [0.25, 0.3) is 12.3 Å². The van der Waals surface area contributed by atoms with Crippen LogP contribution in [-0.4, -0.2) is 49.3 Å². The lowest BCUT2D eigenvalue weighted by Crippen LogP contribution is -2.27. The summed E-state index contributed by atoms with van der Waals surface area (Å²) < 4.78 is 36.7. The van der Waals surface area contributed by atoms with Crippen molar-refractivity contribution in [2.45, 2.75) is 26.4 Å². The summed E-state index contributed by atoms with van der Waals surface area (Å²) in [6.45, 7) is 2.85. The van der Waals surface area contributed by atoms with Gasteiger partial charge in [0.15, 0.2) is 5.65 Å². The molecule has 0 aliphatic rings. The van der Waals surface area contributed by atoms with E-state index in [0.717, 1.165) is 14.7 Å². The fourth-order valence-electron chi connectivity index (χ4n) is 3.61. The van der Waals surface area contributed by atoms with Crippen molar-refractivity contribution >= 4 is 27.5 Å². The van der Waals surface area contributed by atoms with E-state index in [9.17, 15) is 13.6 Å². The Hall–Kier alpha value is -3.34. The van der Waals surface area contributed by atoms with Crippen molar-refractivity contribution in [2.24, 2.45) is 0 Å². The molecule has 0 aliphatic heterocycles. The highest BCUT2D eigenvalue weighted by Gasteiger charge is 2.25. The fraction of sp³-hybridized carbons (Fsp3) is 0.273. The Balaban J connectivity index is 1.79.